The zero-order chi connectivity index (χ0) is 24.1. The molecule has 0 bridgehead atoms. The van der Waals surface area contributed by atoms with Crippen LogP contribution >= 0.6 is 0 Å². The number of allylic oxidation sites excluding steroid dienone is 2. The van der Waals surface area contributed by atoms with Gasteiger partial charge in [0, 0.05) is 30.9 Å². The van der Waals surface area contributed by atoms with E-state index in [0.29, 0.717) is 18.9 Å². The van der Waals surface area contributed by atoms with Crippen LogP contribution in [-0.2, 0) is 14.9 Å². The normalized spacial score (nSPS) is 18.1. The monoisotopic (exact) mass is 484 g/mol. The molecule has 1 aliphatic heterocycles. The molecule has 34 heavy (non-hydrogen) atoms. The SMILES string of the molecule is O=[N+]([O-])c1ccc(/C=C2\CCC(/C=N/Nc3ccc(S(=O)(=O)O)cc3)=C2N2CCOCC2)cc1. The van der Waals surface area contributed by atoms with Gasteiger partial charge in [-0.05, 0) is 72.0 Å². The van der Waals surface area contributed by atoms with Gasteiger partial charge in [0.2, 0.25) is 0 Å². The van der Waals surface area contributed by atoms with Gasteiger partial charge in [0.05, 0.1) is 34.9 Å². The van der Waals surface area contributed by atoms with Crippen LogP contribution in [0.5, 0.6) is 0 Å². The van der Waals surface area contributed by atoms with Crippen LogP contribution in [0.1, 0.15) is 18.4 Å². The Bertz CT molecular complexity index is 1250. The highest BCUT2D eigenvalue weighted by molar-refractivity contribution is 7.85. The van der Waals surface area contributed by atoms with Gasteiger partial charge in [-0.3, -0.25) is 20.1 Å². The van der Waals surface area contributed by atoms with Crippen molar-refractivity contribution in [3.8, 4) is 0 Å². The molecule has 4 rings (SSSR count). The van der Waals surface area contributed by atoms with Gasteiger partial charge >= 0.3 is 0 Å². The summed E-state index contributed by atoms with van der Waals surface area (Å²) in [7, 11) is -4.24. The van der Waals surface area contributed by atoms with E-state index < -0.39 is 15.0 Å². The van der Waals surface area contributed by atoms with Crippen LogP contribution < -0.4 is 5.43 Å². The molecule has 0 aromatic heterocycles. The minimum absolute atomic E-state index is 0.0565. The summed E-state index contributed by atoms with van der Waals surface area (Å²) >= 11 is 0. The van der Waals surface area contributed by atoms with Crippen molar-refractivity contribution in [2.45, 2.75) is 17.7 Å². The number of non-ortho nitro benzene ring substituents is 1. The first kappa shape index (κ1) is 23.6. The number of anilines is 1. The fourth-order valence-electron chi connectivity index (χ4n) is 3.95. The summed E-state index contributed by atoms with van der Waals surface area (Å²) in [6, 6.07) is 12.1. The Labute approximate surface area is 197 Å². The van der Waals surface area contributed by atoms with Gasteiger partial charge in [-0.1, -0.05) is 0 Å². The lowest BCUT2D eigenvalue weighted by Crippen LogP contribution is -2.36. The smallest absolute Gasteiger partial charge is 0.294 e. The molecule has 0 unspecified atom stereocenters. The molecule has 1 saturated heterocycles. The second-order valence-corrected chi connectivity index (χ2v) is 9.28. The maximum absolute atomic E-state index is 11.2. The minimum Gasteiger partial charge on any atom is -0.378 e. The van der Waals surface area contributed by atoms with Crippen LogP contribution in [0.15, 0.2) is 75.4 Å². The molecule has 1 aliphatic carbocycles. The number of benzene rings is 2. The average molecular weight is 485 g/mol. The van der Waals surface area contributed by atoms with E-state index in [1.54, 1.807) is 18.3 Å². The average Bonchev–Trinajstić information content (AvgIpc) is 3.22. The summed E-state index contributed by atoms with van der Waals surface area (Å²) in [5.41, 5.74) is 7.69. The lowest BCUT2D eigenvalue weighted by Gasteiger charge is -2.31. The molecule has 1 fully saturated rings. The molecule has 178 valence electrons. The van der Waals surface area contributed by atoms with Crippen molar-refractivity contribution in [1.29, 1.82) is 0 Å². The van der Waals surface area contributed by atoms with Gasteiger partial charge in [-0.25, -0.2) is 0 Å². The first-order valence-corrected chi connectivity index (χ1v) is 12.1. The van der Waals surface area contributed by atoms with Crippen molar-refractivity contribution < 1.29 is 22.6 Å². The Balaban J connectivity index is 1.57. The maximum Gasteiger partial charge on any atom is 0.294 e. The van der Waals surface area contributed by atoms with Gasteiger partial charge < -0.3 is 9.64 Å². The highest BCUT2D eigenvalue weighted by Gasteiger charge is 2.25. The summed E-state index contributed by atoms with van der Waals surface area (Å²) in [6.07, 6.45) is 5.42. The van der Waals surface area contributed by atoms with E-state index in [1.807, 2.05) is 0 Å². The topological polar surface area (TPSA) is 134 Å². The number of hydrogen-bond donors (Lipinski definition) is 2. The number of rotatable bonds is 7. The predicted octanol–water partition coefficient (Wildman–Crippen LogP) is 3.70. The van der Waals surface area contributed by atoms with Gasteiger partial charge in [-0.2, -0.15) is 13.5 Å². The van der Waals surface area contributed by atoms with Crippen LogP contribution in [0, 0.1) is 10.1 Å². The van der Waals surface area contributed by atoms with E-state index in [9.17, 15) is 18.5 Å². The highest BCUT2D eigenvalue weighted by atomic mass is 32.2. The van der Waals surface area contributed by atoms with Gasteiger partial charge in [-0.15, -0.1) is 0 Å². The van der Waals surface area contributed by atoms with Gasteiger partial charge in [0.25, 0.3) is 15.8 Å². The number of ether oxygens (including phenoxy) is 1. The number of nitro benzene ring substituents is 1. The third kappa shape index (κ3) is 5.68. The Morgan fingerprint density at radius 2 is 1.74 bits per heavy atom. The Kier molecular flexibility index (Phi) is 7.06. The third-order valence-electron chi connectivity index (χ3n) is 5.61. The van der Waals surface area contributed by atoms with Crippen molar-refractivity contribution in [2.75, 3.05) is 31.7 Å². The molecule has 0 radical (unpaired) electrons. The Morgan fingerprint density at radius 3 is 2.35 bits per heavy atom. The lowest BCUT2D eigenvalue weighted by atomic mass is 10.1. The molecule has 0 amide bonds. The largest absolute Gasteiger partial charge is 0.378 e. The number of nitrogens with one attached hydrogen (secondary N) is 1. The minimum atomic E-state index is -4.24. The van der Waals surface area contributed by atoms with E-state index >= 15 is 0 Å². The molecule has 0 saturated carbocycles. The number of morpholine rings is 1. The fraction of sp³-hybridized carbons (Fsp3) is 0.261. The van der Waals surface area contributed by atoms with E-state index in [1.165, 1.54) is 36.4 Å². The zero-order valence-corrected chi connectivity index (χ0v) is 19.1. The summed E-state index contributed by atoms with van der Waals surface area (Å²) in [5, 5.41) is 15.3. The van der Waals surface area contributed by atoms with Crippen molar-refractivity contribution in [1.82, 2.24) is 4.90 Å². The molecule has 0 spiro atoms. The van der Waals surface area contributed by atoms with Crippen molar-refractivity contribution in [2.24, 2.45) is 5.10 Å². The molecule has 0 atom stereocenters. The van der Waals surface area contributed by atoms with Gasteiger partial charge in [0.15, 0.2) is 0 Å². The number of nitrogens with zero attached hydrogens (tertiary/aromatic N) is 3. The molecule has 10 nitrogen and oxygen atoms in total. The van der Waals surface area contributed by atoms with E-state index in [4.69, 9.17) is 9.29 Å². The zero-order valence-electron chi connectivity index (χ0n) is 18.3. The standard InChI is InChI=1S/C23H24N4O6S/c28-27(29)21-7-1-17(2-8-21)15-18-3-4-19(23(18)26-11-13-33-14-12-26)16-24-25-20-5-9-22(10-6-20)34(30,31)32/h1-2,5-10,15-16,25H,3-4,11-14H2,(H,30,31,32)/b18-15+,24-16+. The van der Waals surface area contributed by atoms with Crippen molar-refractivity contribution in [3.05, 3.63) is 81.1 Å². The van der Waals surface area contributed by atoms with E-state index in [2.05, 4.69) is 21.5 Å². The van der Waals surface area contributed by atoms with Crippen LogP contribution in [0.2, 0.25) is 0 Å². The number of hydrogen-bond acceptors (Lipinski definition) is 8. The molecule has 2 aromatic carbocycles. The number of hydrazone groups is 1. The summed E-state index contributed by atoms with van der Waals surface area (Å²) in [5.74, 6) is 0. The van der Waals surface area contributed by atoms with E-state index in [0.717, 1.165) is 48.3 Å². The van der Waals surface area contributed by atoms with Crippen LogP contribution in [0.25, 0.3) is 6.08 Å². The second kappa shape index (κ2) is 10.2. The molecular weight excluding hydrogens is 460 g/mol. The Hall–Kier alpha value is -3.54. The fourth-order valence-corrected chi connectivity index (χ4v) is 4.43. The maximum atomic E-state index is 11.2. The van der Waals surface area contributed by atoms with Crippen molar-refractivity contribution in [3.63, 3.8) is 0 Å². The summed E-state index contributed by atoms with van der Waals surface area (Å²) in [6.45, 7) is 2.79. The number of nitro groups is 1. The van der Waals surface area contributed by atoms with Crippen molar-refractivity contribution >= 4 is 33.8 Å². The van der Waals surface area contributed by atoms with Crippen LogP contribution in [-0.4, -0.2) is 55.3 Å². The highest BCUT2D eigenvalue weighted by Crippen LogP contribution is 2.35. The molecule has 11 heteroatoms. The van der Waals surface area contributed by atoms with Gasteiger partial charge in [0.1, 0.15) is 0 Å². The molecule has 1 heterocycles. The second-order valence-electron chi connectivity index (χ2n) is 7.86. The first-order valence-electron chi connectivity index (χ1n) is 10.7. The summed E-state index contributed by atoms with van der Waals surface area (Å²) < 4.78 is 36.9. The Morgan fingerprint density at radius 1 is 1.06 bits per heavy atom. The first-order chi connectivity index (χ1) is 16.3. The molecule has 2 N–H and O–H groups in total. The predicted molar refractivity (Wildman–Crippen MR) is 128 cm³/mol. The van der Waals surface area contributed by atoms with Crippen LogP contribution in [0.3, 0.4) is 0 Å². The van der Waals surface area contributed by atoms with Crippen LogP contribution in [0.4, 0.5) is 11.4 Å². The molecule has 2 aromatic rings. The quantitative estimate of drug-likeness (QED) is 0.263. The lowest BCUT2D eigenvalue weighted by molar-refractivity contribution is -0.384. The molecular formula is C23H24N4O6S. The summed E-state index contributed by atoms with van der Waals surface area (Å²) in [4.78, 5) is 12.6. The third-order valence-corrected chi connectivity index (χ3v) is 6.48. The van der Waals surface area contributed by atoms with E-state index in [-0.39, 0.29) is 10.6 Å². The molecule has 2 aliphatic rings.